The molecule has 0 amide bonds. The van der Waals surface area contributed by atoms with Gasteiger partial charge in [0.05, 0.1) is 15.6 Å². The molecule has 1 aliphatic rings. The summed E-state index contributed by atoms with van der Waals surface area (Å²) in [5.74, 6) is 0.706. The first-order valence-corrected chi connectivity index (χ1v) is 12.1. The van der Waals surface area contributed by atoms with E-state index in [-0.39, 0.29) is 0 Å². The molecule has 4 rings (SSSR count). The zero-order valence-electron chi connectivity index (χ0n) is 17.2. The number of aryl methyl sites for hydroxylation is 2. The second-order valence-corrected chi connectivity index (χ2v) is 10.3. The van der Waals surface area contributed by atoms with Crippen LogP contribution in [-0.2, 0) is 10.0 Å². The summed E-state index contributed by atoms with van der Waals surface area (Å²) in [6, 6.07) is 14.2. The molecule has 0 aliphatic carbocycles. The maximum atomic E-state index is 13.0. The number of hydrogen-bond donors (Lipinski definition) is 0. The lowest BCUT2D eigenvalue weighted by atomic mass is 10.1. The van der Waals surface area contributed by atoms with Crippen LogP contribution in [0.15, 0.2) is 53.4 Å². The molecule has 1 fully saturated rings. The van der Waals surface area contributed by atoms with Crippen molar-refractivity contribution in [1.82, 2.24) is 14.5 Å². The third kappa shape index (κ3) is 4.55. The molecule has 0 atom stereocenters. The SMILES string of the molecule is Cc1ccc(S(=O)(=O)N2CCN(c3ccc(-c4ccc(Cl)cc4Cl)nn3)CC2)cc1C. The molecule has 1 saturated heterocycles. The molecule has 0 spiro atoms. The van der Waals surface area contributed by atoms with E-state index in [0.717, 1.165) is 16.7 Å². The number of benzene rings is 2. The Bertz CT molecular complexity index is 1210. The number of sulfonamides is 1. The minimum Gasteiger partial charge on any atom is -0.352 e. The van der Waals surface area contributed by atoms with Gasteiger partial charge in [0.2, 0.25) is 10.0 Å². The molecule has 1 aromatic heterocycles. The van der Waals surface area contributed by atoms with E-state index in [1.807, 2.05) is 43.0 Å². The highest BCUT2D eigenvalue weighted by atomic mass is 35.5. The molecule has 162 valence electrons. The van der Waals surface area contributed by atoms with Gasteiger partial charge in [-0.2, -0.15) is 4.31 Å². The summed E-state index contributed by atoms with van der Waals surface area (Å²) in [5, 5.41) is 9.70. The van der Waals surface area contributed by atoms with Gasteiger partial charge < -0.3 is 4.90 Å². The van der Waals surface area contributed by atoms with E-state index in [1.54, 1.807) is 24.3 Å². The van der Waals surface area contributed by atoms with Crippen molar-refractivity contribution in [2.45, 2.75) is 18.7 Å². The van der Waals surface area contributed by atoms with Gasteiger partial charge in [-0.15, -0.1) is 10.2 Å². The van der Waals surface area contributed by atoms with Crippen LogP contribution in [0.3, 0.4) is 0 Å². The molecule has 6 nitrogen and oxygen atoms in total. The maximum absolute atomic E-state index is 13.0. The summed E-state index contributed by atoms with van der Waals surface area (Å²) < 4.78 is 27.5. The fourth-order valence-electron chi connectivity index (χ4n) is 3.52. The van der Waals surface area contributed by atoms with Gasteiger partial charge in [0.15, 0.2) is 5.82 Å². The fraction of sp³-hybridized carbons (Fsp3) is 0.273. The third-order valence-electron chi connectivity index (χ3n) is 5.54. The Morgan fingerprint density at radius 2 is 1.58 bits per heavy atom. The average Bonchev–Trinajstić information content (AvgIpc) is 2.76. The van der Waals surface area contributed by atoms with Gasteiger partial charge in [0, 0.05) is 36.8 Å². The lowest BCUT2D eigenvalue weighted by Gasteiger charge is -2.34. The highest BCUT2D eigenvalue weighted by Crippen LogP contribution is 2.29. The van der Waals surface area contributed by atoms with Crippen LogP contribution in [0.25, 0.3) is 11.3 Å². The van der Waals surface area contributed by atoms with E-state index < -0.39 is 10.0 Å². The Labute approximate surface area is 192 Å². The van der Waals surface area contributed by atoms with Crippen molar-refractivity contribution in [2.75, 3.05) is 31.1 Å². The van der Waals surface area contributed by atoms with Crippen LogP contribution < -0.4 is 4.90 Å². The van der Waals surface area contributed by atoms with Crippen molar-refractivity contribution in [3.05, 3.63) is 69.7 Å². The predicted molar refractivity (Wildman–Crippen MR) is 124 cm³/mol. The van der Waals surface area contributed by atoms with Crippen LogP contribution >= 0.6 is 23.2 Å². The van der Waals surface area contributed by atoms with E-state index in [1.165, 1.54) is 4.31 Å². The van der Waals surface area contributed by atoms with Crippen molar-refractivity contribution in [3.63, 3.8) is 0 Å². The van der Waals surface area contributed by atoms with Crippen LogP contribution in [0.2, 0.25) is 10.0 Å². The van der Waals surface area contributed by atoms with Gasteiger partial charge in [-0.25, -0.2) is 8.42 Å². The van der Waals surface area contributed by atoms with Gasteiger partial charge in [0.1, 0.15) is 0 Å². The van der Waals surface area contributed by atoms with Crippen molar-refractivity contribution >= 4 is 39.0 Å². The highest BCUT2D eigenvalue weighted by molar-refractivity contribution is 7.89. The lowest BCUT2D eigenvalue weighted by molar-refractivity contribution is 0.383. The summed E-state index contributed by atoms with van der Waals surface area (Å²) in [7, 11) is -3.51. The van der Waals surface area contributed by atoms with Crippen LogP contribution in [0.5, 0.6) is 0 Å². The smallest absolute Gasteiger partial charge is 0.243 e. The first kappa shape index (κ1) is 22.0. The molecule has 3 aromatic rings. The lowest BCUT2D eigenvalue weighted by Crippen LogP contribution is -2.49. The first-order chi connectivity index (χ1) is 14.8. The van der Waals surface area contributed by atoms with Crippen molar-refractivity contribution in [1.29, 1.82) is 0 Å². The van der Waals surface area contributed by atoms with Crippen LogP contribution in [0.1, 0.15) is 11.1 Å². The molecular weight excluding hydrogens is 455 g/mol. The molecule has 0 bridgehead atoms. The number of nitrogens with zero attached hydrogens (tertiary/aromatic N) is 4. The second kappa shape index (κ2) is 8.74. The summed E-state index contributed by atoms with van der Waals surface area (Å²) >= 11 is 12.2. The zero-order chi connectivity index (χ0) is 22.2. The fourth-order valence-corrected chi connectivity index (χ4v) is 5.53. The molecule has 9 heteroatoms. The van der Waals surface area contributed by atoms with Crippen molar-refractivity contribution < 1.29 is 8.42 Å². The molecule has 0 saturated carbocycles. The molecule has 2 aromatic carbocycles. The minimum atomic E-state index is -3.51. The number of rotatable bonds is 4. The molecule has 0 N–H and O–H groups in total. The summed E-state index contributed by atoms with van der Waals surface area (Å²) in [5.41, 5.74) is 3.46. The number of piperazine rings is 1. The van der Waals surface area contributed by atoms with Gasteiger partial charge in [-0.05, 0) is 67.4 Å². The molecular formula is C22H22Cl2N4O2S. The van der Waals surface area contributed by atoms with E-state index >= 15 is 0 Å². The molecule has 2 heterocycles. The Kier molecular flexibility index (Phi) is 6.21. The van der Waals surface area contributed by atoms with E-state index in [0.29, 0.717) is 52.6 Å². The molecule has 0 radical (unpaired) electrons. The molecule has 1 aliphatic heterocycles. The van der Waals surface area contributed by atoms with E-state index in [4.69, 9.17) is 23.2 Å². The number of anilines is 1. The Balaban J connectivity index is 1.45. The normalized spacial score (nSPS) is 15.3. The number of aromatic nitrogens is 2. The number of halogens is 2. The van der Waals surface area contributed by atoms with E-state index in [2.05, 4.69) is 10.2 Å². The summed E-state index contributed by atoms with van der Waals surface area (Å²) in [6.07, 6.45) is 0. The summed E-state index contributed by atoms with van der Waals surface area (Å²) in [6.45, 7) is 5.76. The zero-order valence-corrected chi connectivity index (χ0v) is 19.5. The number of hydrogen-bond acceptors (Lipinski definition) is 5. The minimum absolute atomic E-state index is 0.341. The van der Waals surface area contributed by atoms with E-state index in [9.17, 15) is 8.42 Å². The molecule has 31 heavy (non-hydrogen) atoms. The van der Waals surface area contributed by atoms with Gasteiger partial charge in [-0.1, -0.05) is 29.3 Å². The Morgan fingerprint density at radius 3 is 2.19 bits per heavy atom. The highest BCUT2D eigenvalue weighted by Gasteiger charge is 2.29. The average molecular weight is 477 g/mol. The van der Waals surface area contributed by atoms with Gasteiger partial charge in [0.25, 0.3) is 0 Å². The Morgan fingerprint density at radius 1 is 0.839 bits per heavy atom. The van der Waals surface area contributed by atoms with Crippen LogP contribution in [0.4, 0.5) is 5.82 Å². The van der Waals surface area contributed by atoms with Crippen LogP contribution in [-0.4, -0.2) is 49.1 Å². The van der Waals surface area contributed by atoms with Crippen LogP contribution in [0, 0.1) is 13.8 Å². The Hall–Kier alpha value is -2.19. The maximum Gasteiger partial charge on any atom is 0.243 e. The topological polar surface area (TPSA) is 66.4 Å². The monoisotopic (exact) mass is 476 g/mol. The van der Waals surface area contributed by atoms with Gasteiger partial charge >= 0.3 is 0 Å². The molecule has 0 unspecified atom stereocenters. The van der Waals surface area contributed by atoms with Gasteiger partial charge in [-0.3, -0.25) is 0 Å². The van der Waals surface area contributed by atoms with Crippen molar-refractivity contribution in [3.8, 4) is 11.3 Å². The van der Waals surface area contributed by atoms with Crippen molar-refractivity contribution in [2.24, 2.45) is 0 Å². The largest absolute Gasteiger partial charge is 0.352 e. The quantitative estimate of drug-likeness (QED) is 0.551. The standard InChI is InChI=1S/C22H22Cl2N4O2S/c1-15-3-5-18(13-16(15)2)31(29,30)28-11-9-27(10-12-28)22-8-7-21(25-26-22)19-6-4-17(23)14-20(19)24/h3-8,13-14H,9-12H2,1-2H3. The predicted octanol–water partition coefficient (Wildman–Crippen LogP) is 4.58. The third-order valence-corrected chi connectivity index (χ3v) is 7.98. The first-order valence-electron chi connectivity index (χ1n) is 9.87. The second-order valence-electron chi connectivity index (χ2n) is 7.54. The summed E-state index contributed by atoms with van der Waals surface area (Å²) in [4.78, 5) is 2.38.